The smallest absolute Gasteiger partial charge is 0.132 e. The van der Waals surface area contributed by atoms with E-state index in [4.69, 9.17) is 0 Å². The molecule has 0 N–H and O–H groups in total. The van der Waals surface area contributed by atoms with Gasteiger partial charge in [0.05, 0.1) is 0 Å². The number of alkyl halides is 1. The maximum atomic E-state index is 12.2. The molecule has 0 aromatic heterocycles. The third-order valence-electron chi connectivity index (χ3n) is 0.952. The van der Waals surface area contributed by atoms with Gasteiger partial charge in [-0.3, -0.25) is 4.79 Å². The van der Waals surface area contributed by atoms with E-state index in [9.17, 15) is 9.18 Å². The maximum Gasteiger partial charge on any atom is 0.132 e. The van der Waals surface area contributed by atoms with Gasteiger partial charge in [-0.25, -0.2) is 4.39 Å². The van der Waals surface area contributed by atoms with Gasteiger partial charge in [-0.05, 0) is 13.3 Å². The molecule has 0 saturated carbocycles. The van der Waals surface area contributed by atoms with Gasteiger partial charge in [-0.15, -0.1) is 0 Å². The predicted octanol–water partition coefficient (Wildman–Crippen LogP) is 1.71. The van der Waals surface area contributed by atoms with Crippen LogP contribution >= 0.6 is 0 Å². The Labute approximate surface area is 48.9 Å². The minimum Gasteiger partial charge on any atom is -0.300 e. The monoisotopic (exact) mass is 118 g/mol. The number of rotatable bonds is 3. The molecule has 0 fully saturated rings. The summed E-state index contributed by atoms with van der Waals surface area (Å²) in [4.78, 5) is 10.2. The average molecular weight is 118 g/mol. The highest BCUT2D eigenvalue weighted by Gasteiger charge is 2.04. The van der Waals surface area contributed by atoms with E-state index in [1.807, 2.05) is 0 Å². The van der Waals surface area contributed by atoms with Gasteiger partial charge < -0.3 is 0 Å². The van der Waals surface area contributed by atoms with Gasteiger partial charge >= 0.3 is 0 Å². The summed E-state index contributed by atoms with van der Waals surface area (Å²) < 4.78 is 12.2. The molecule has 0 aliphatic rings. The molecule has 0 spiro atoms. The van der Waals surface area contributed by atoms with Crippen molar-refractivity contribution in [3.8, 4) is 0 Å². The van der Waals surface area contributed by atoms with Crippen LogP contribution in [0.1, 0.15) is 26.7 Å². The summed E-state index contributed by atoms with van der Waals surface area (Å²) in [5.74, 6) is -0.0700. The van der Waals surface area contributed by atoms with E-state index < -0.39 is 6.17 Å². The number of Topliss-reactive ketones (excluding diaryl/α,β-unsaturated/α-hetero) is 1. The number of hydrogen-bond acceptors (Lipinski definition) is 1. The fraction of sp³-hybridized carbons (Fsp3) is 0.833. The van der Waals surface area contributed by atoms with Crippen LogP contribution in [0, 0.1) is 0 Å². The van der Waals surface area contributed by atoms with Crippen LogP contribution in [0.5, 0.6) is 0 Å². The Balaban J connectivity index is 3.24. The summed E-state index contributed by atoms with van der Waals surface area (Å²) >= 11 is 0. The van der Waals surface area contributed by atoms with Crippen molar-refractivity contribution in [2.75, 3.05) is 0 Å². The predicted molar refractivity (Wildman–Crippen MR) is 30.5 cm³/mol. The van der Waals surface area contributed by atoms with Crippen molar-refractivity contribution in [3.05, 3.63) is 0 Å². The molecule has 1 atom stereocenters. The Morgan fingerprint density at radius 3 is 2.38 bits per heavy atom. The minimum atomic E-state index is -0.924. The average Bonchev–Trinajstić information content (AvgIpc) is 1.65. The lowest BCUT2D eigenvalue weighted by Gasteiger charge is -1.97. The van der Waals surface area contributed by atoms with Crippen molar-refractivity contribution in [2.24, 2.45) is 0 Å². The van der Waals surface area contributed by atoms with Crippen LogP contribution in [0.15, 0.2) is 0 Å². The molecule has 0 amide bonds. The molecular weight excluding hydrogens is 107 g/mol. The van der Waals surface area contributed by atoms with Crippen molar-refractivity contribution in [2.45, 2.75) is 32.9 Å². The summed E-state index contributed by atoms with van der Waals surface area (Å²) in [6, 6.07) is 0. The fourth-order valence-corrected chi connectivity index (χ4v) is 0.456. The van der Waals surface area contributed by atoms with E-state index in [-0.39, 0.29) is 12.2 Å². The van der Waals surface area contributed by atoms with Gasteiger partial charge in [-0.2, -0.15) is 0 Å². The molecule has 0 bridgehead atoms. The van der Waals surface area contributed by atoms with Gasteiger partial charge in [0, 0.05) is 6.42 Å². The van der Waals surface area contributed by atoms with Crippen LogP contribution < -0.4 is 0 Å². The van der Waals surface area contributed by atoms with E-state index in [0.29, 0.717) is 6.42 Å². The number of hydrogen-bond donors (Lipinski definition) is 0. The lowest BCUT2D eigenvalue weighted by molar-refractivity contribution is -0.118. The SMILES string of the molecule is CCC(F)CC(C)=O. The van der Waals surface area contributed by atoms with Crippen LogP contribution in [-0.4, -0.2) is 12.0 Å². The Morgan fingerprint density at radius 1 is 1.75 bits per heavy atom. The molecule has 0 radical (unpaired) electrons. The summed E-state index contributed by atoms with van der Waals surface area (Å²) in [6.45, 7) is 3.13. The Hall–Kier alpha value is -0.400. The second-order valence-electron chi connectivity index (χ2n) is 1.91. The van der Waals surface area contributed by atoms with E-state index in [1.165, 1.54) is 6.92 Å². The van der Waals surface area contributed by atoms with Crippen molar-refractivity contribution in [1.29, 1.82) is 0 Å². The Kier molecular flexibility index (Phi) is 3.40. The van der Waals surface area contributed by atoms with E-state index >= 15 is 0 Å². The second-order valence-corrected chi connectivity index (χ2v) is 1.91. The first-order chi connectivity index (χ1) is 3.66. The number of carbonyl (C=O) groups is 1. The molecule has 0 aliphatic heterocycles. The molecule has 48 valence electrons. The molecule has 0 aromatic rings. The van der Waals surface area contributed by atoms with Crippen LogP contribution in [0.25, 0.3) is 0 Å². The summed E-state index contributed by atoms with van der Waals surface area (Å²) in [5, 5.41) is 0. The minimum absolute atomic E-state index is 0.0700. The highest BCUT2D eigenvalue weighted by molar-refractivity contribution is 5.75. The number of carbonyl (C=O) groups excluding carboxylic acids is 1. The highest BCUT2D eigenvalue weighted by Crippen LogP contribution is 2.01. The zero-order valence-electron chi connectivity index (χ0n) is 5.28. The van der Waals surface area contributed by atoms with Gasteiger partial charge in [0.25, 0.3) is 0 Å². The molecule has 8 heavy (non-hydrogen) atoms. The van der Waals surface area contributed by atoms with Crippen LogP contribution in [0.2, 0.25) is 0 Å². The van der Waals surface area contributed by atoms with Crippen molar-refractivity contribution >= 4 is 5.78 Å². The topological polar surface area (TPSA) is 17.1 Å². The largest absolute Gasteiger partial charge is 0.300 e. The van der Waals surface area contributed by atoms with Crippen LogP contribution in [0.3, 0.4) is 0 Å². The zero-order valence-corrected chi connectivity index (χ0v) is 5.28. The van der Waals surface area contributed by atoms with Crippen LogP contribution in [0.4, 0.5) is 4.39 Å². The quantitative estimate of drug-likeness (QED) is 0.551. The van der Waals surface area contributed by atoms with Crippen molar-refractivity contribution in [1.82, 2.24) is 0 Å². The van der Waals surface area contributed by atoms with Crippen LogP contribution in [-0.2, 0) is 4.79 Å². The molecule has 0 aromatic carbocycles. The van der Waals surface area contributed by atoms with Gasteiger partial charge in [0.15, 0.2) is 0 Å². The van der Waals surface area contributed by atoms with Crippen molar-refractivity contribution in [3.63, 3.8) is 0 Å². The van der Waals surface area contributed by atoms with E-state index in [2.05, 4.69) is 0 Å². The summed E-state index contributed by atoms with van der Waals surface area (Å²) in [7, 11) is 0. The Morgan fingerprint density at radius 2 is 2.25 bits per heavy atom. The maximum absolute atomic E-state index is 12.2. The molecule has 1 unspecified atom stereocenters. The fourth-order valence-electron chi connectivity index (χ4n) is 0.456. The first kappa shape index (κ1) is 7.60. The molecular formula is C6H11FO. The van der Waals surface area contributed by atoms with Gasteiger partial charge in [0.2, 0.25) is 0 Å². The molecule has 0 saturated heterocycles. The van der Waals surface area contributed by atoms with E-state index in [0.717, 1.165) is 0 Å². The molecule has 2 heteroatoms. The first-order valence-electron chi connectivity index (χ1n) is 2.80. The molecule has 0 aliphatic carbocycles. The van der Waals surface area contributed by atoms with Gasteiger partial charge in [0.1, 0.15) is 12.0 Å². The van der Waals surface area contributed by atoms with Crippen molar-refractivity contribution < 1.29 is 9.18 Å². The standard InChI is InChI=1S/C6H11FO/c1-3-6(7)4-5(2)8/h6H,3-4H2,1-2H3. The third kappa shape index (κ3) is 3.78. The second kappa shape index (κ2) is 3.58. The summed E-state index contributed by atoms with van der Waals surface area (Å²) in [5.41, 5.74) is 0. The summed E-state index contributed by atoms with van der Waals surface area (Å²) in [6.07, 6.45) is -0.400. The highest BCUT2D eigenvalue weighted by atomic mass is 19.1. The number of halogens is 1. The molecule has 0 rings (SSSR count). The third-order valence-corrected chi connectivity index (χ3v) is 0.952. The Bertz CT molecular complexity index is 80.6. The van der Waals surface area contributed by atoms with E-state index in [1.54, 1.807) is 6.92 Å². The van der Waals surface area contributed by atoms with Gasteiger partial charge in [-0.1, -0.05) is 6.92 Å². The lowest BCUT2D eigenvalue weighted by atomic mass is 10.2. The molecule has 0 heterocycles. The number of ketones is 1. The lowest BCUT2D eigenvalue weighted by Crippen LogP contribution is -2.03. The first-order valence-corrected chi connectivity index (χ1v) is 2.80. The normalized spacial score (nSPS) is 13.4. The zero-order chi connectivity index (χ0) is 6.57. The molecule has 1 nitrogen and oxygen atoms in total.